The summed E-state index contributed by atoms with van der Waals surface area (Å²) >= 11 is 0. The quantitative estimate of drug-likeness (QED) is 0.0796. The van der Waals surface area contributed by atoms with E-state index >= 15 is 0 Å². The highest BCUT2D eigenvalue weighted by atomic mass is 16.6. The lowest BCUT2D eigenvalue weighted by Crippen LogP contribution is -2.07. The molecule has 0 aliphatic rings. The van der Waals surface area contributed by atoms with E-state index < -0.39 is 4.92 Å². The second kappa shape index (κ2) is 17.3. The minimum Gasteiger partial charge on any atom is -0.496 e. The molecule has 0 radical (unpaired) electrons. The number of ether oxygens (including phenoxy) is 2. The van der Waals surface area contributed by atoms with E-state index in [2.05, 4.69) is 6.92 Å². The standard InChI is InChI=1S/C25H39NO5/c1-3-4-5-6-7-8-9-10-11-12-13-14-15-16-25(27)31-23-18-17-22(19-20-26(28)29)24(21-23)30-2/h17-21H,3-16H2,1-2H3/b20-19+. The molecule has 0 saturated heterocycles. The van der Waals surface area contributed by atoms with Crippen molar-refractivity contribution >= 4 is 12.0 Å². The molecule has 1 aromatic rings. The zero-order valence-corrected chi connectivity index (χ0v) is 19.3. The van der Waals surface area contributed by atoms with Crippen LogP contribution in [0.5, 0.6) is 11.5 Å². The summed E-state index contributed by atoms with van der Waals surface area (Å²) in [5, 5.41) is 10.5. The smallest absolute Gasteiger partial charge is 0.311 e. The van der Waals surface area contributed by atoms with Gasteiger partial charge >= 0.3 is 5.97 Å². The van der Waals surface area contributed by atoms with Crippen molar-refractivity contribution in [1.82, 2.24) is 0 Å². The average Bonchev–Trinajstić information content (AvgIpc) is 2.75. The molecule has 0 aliphatic carbocycles. The number of rotatable bonds is 18. The number of nitro groups is 1. The van der Waals surface area contributed by atoms with Gasteiger partial charge in [0.05, 0.1) is 12.0 Å². The van der Waals surface area contributed by atoms with Crippen molar-refractivity contribution in [3.05, 3.63) is 40.1 Å². The summed E-state index contributed by atoms with van der Waals surface area (Å²) < 4.78 is 10.6. The van der Waals surface area contributed by atoms with Gasteiger partial charge in [-0.05, 0) is 18.6 Å². The number of nitrogens with zero attached hydrogens (tertiary/aromatic N) is 1. The minimum atomic E-state index is -0.539. The molecule has 0 N–H and O–H groups in total. The van der Waals surface area contributed by atoms with Crippen molar-refractivity contribution in [2.45, 2.75) is 96.8 Å². The van der Waals surface area contributed by atoms with E-state index in [9.17, 15) is 14.9 Å². The van der Waals surface area contributed by atoms with Crippen LogP contribution in [0.25, 0.3) is 6.08 Å². The Morgan fingerprint density at radius 3 is 2.00 bits per heavy atom. The molecule has 174 valence electrons. The molecular weight excluding hydrogens is 394 g/mol. The molecule has 0 amide bonds. The summed E-state index contributed by atoms with van der Waals surface area (Å²) in [7, 11) is 1.47. The number of unbranched alkanes of at least 4 members (excludes halogenated alkanes) is 12. The number of carbonyl (C=O) groups is 1. The highest BCUT2D eigenvalue weighted by molar-refractivity contribution is 5.73. The summed E-state index contributed by atoms with van der Waals surface area (Å²) in [5.41, 5.74) is 0.551. The van der Waals surface area contributed by atoms with Crippen molar-refractivity contribution in [3.63, 3.8) is 0 Å². The maximum absolute atomic E-state index is 12.0. The van der Waals surface area contributed by atoms with Crippen LogP contribution < -0.4 is 9.47 Å². The fourth-order valence-corrected chi connectivity index (χ4v) is 3.50. The van der Waals surface area contributed by atoms with Crippen LogP contribution in [0, 0.1) is 10.1 Å². The monoisotopic (exact) mass is 433 g/mol. The summed E-state index contributed by atoms with van der Waals surface area (Å²) in [6.07, 6.45) is 19.0. The van der Waals surface area contributed by atoms with Crippen LogP contribution in [-0.4, -0.2) is 18.0 Å². The molecule has 6 nitrogen and oxygen atoms in total. The fourth-order valence-electron chi connectivity index (χ4n) is 3.50. The molecule has 0 unspecified atom stereocenters. The lowest BCUT2D eigenvalue weighted by atomic mass is 10.0. The molecule has 0 fully saturated rings. The second-order valence-corrected chi connectivity index (χ2v) is 7.97. The molecule has 0 heterocycles. The van der Waals surface area contributed by atoms with Gasteiger partial charge in [0.1, 0.15) is 11.5 Å². The van der Waals surface area contributed by atoms with E-state index in [0.29, 0.717) is 23.5 Å². The highest BCUT2D eigenvalue weighted by Crippen LogP contribution is 2.26. The summed E-state index contributed by atoms with van der Waals surface area (Å²) in [5.74, 6) is 0.540. The number of methoxy groups -OCH3 is 1. The van der Waals surface area contributed by atoms with E-state index in [1.807, 2.05) is 0 Å². The third-order valence-electron chi connectivity index (χ3n) is 5.30. The molecule has 0 bridgehead atoms. The predicted octanol–water partition coefficient (Wildman–Crippen LogP) is 7.33. The third kappa shape index (κ3) is 13.5. The lowest BCUT2D eigenvalue weighted by Gasteiger charge is -2.08. The molecule has 0 aliphatic heterocycles. The van der Waals surface area contributed by atoms with Crippen molar-refractivity contribution in [1.29, 1.82) is 0 Å². The first kappa shape index (κ1) is 26.7. The van der Waals surface area contributed by atoms with Gasteiger partial charge in [-0.15, -0.1) is 0 Å². The number of hydrogen-bond donors (Lipinski definition) is 0. The highest BCUT2D eigenvalue weighted by Gasteiger charge is 2.08. The Morgan fingerprint density at radius 2 is 1.48 bits per heavy atom. The van der Waals surface area contributed by atoms with Crippen LogP contribution >= 0.6 is 0 Å². The van der Waals surface area contributed by atoms with Gasteiger partial charge < -0.3 is 9.47 Å². The van der Waals surface area contributed by atoms with E-state index in [4.69, 9.17) is 9.47 Å². The van der Waals surface area contributed by atoms with Gasteiger partial charge in [0, 0.05) is 24.1 Å². The summed E-state index contributed by atoms with van der Waals surface area (Å²) in [6, 6.07) is 4.82. The van der Waals surface area contributed by atoms with Crippen molar-refractivity contribution in [2.75, 3.05) is 7.11 Å². The number of carbonyl (C=O) groups excluding carboxylic acids is 1. The SMILES string of the molecule is CCCCCCCCCCCCCCCC(=O)Oc1ccc(/C=C/[N+](=O)[O-])c(OC)c1. The van der Waals surface area contributed by atoms with Crippen LogP contribution in [0.4, 0.5) is 0 Å². The maximum Gasteiger partial charge on any atom is 0.311 e. The normalized spacial score (nSPS) is 11.0. The number of benzene rings is 1. The van der Waals surface area contributed by atoms with Gasteiger partial charge in [-0.3, -0.25) is 14.9 Å². The van der Waals surface area contributed by atoms with Crippen LogP contribution in [0.2, 0.25) is 0 Å². The minimum absolute atomic E-state index is 0.265. The van der Waals surface area contributed by atoms with Crippen LogP contribution in [0.3, 0.4) is 0 Å². The van der Waals surface area contributed by atoms with Gasteiger partial charge in [0.15, 0.2) is 0 Å². The predicted molar refractivity (Wildman–Crippen MR) is 125 cm³/mol. The fraction of sp³-hybridized carbons (Fsp3) is 0.640. The average molecular weight is 434 g/mol. The molecule has 0 saturated carbocycles. The molecule has 1 aromatic carbocycles. The zero-order chi connectivity index (χ0) is 22.7. The maximum atomic E-state index is 12.0. The molecular formula is C25H39NO5. The first-order valence-corrected chi connectivity index (χ1v) is 11.8. The molecule has 6 heteroatoms. The molecule has 0 atom stereocenters. The molecule has 0 aromatic heterocycles. The lowest BCUT2D eigenvalue weighted by molar-refractivity contribution is -0.400. The zero-order valence-electron chi connectivity index (χ0n) is 19.3. The number of esters is 1. The Morgan fingerprint density at radius 1 is 0.935 bits per heavy atom. The summed E-state index contributed by atoms with van der Waals surface area (Å²) in [4.78, 5) is 22.0. The van der Waals surface area contributed by atoms with Gasteiger partial charge in [0.2, 0.25) is 6.20 Å². The Labute approximate surface area is 187 Å². The molecule has 1 rings (SSSR count). The Kier molecular flexibility index (Phi) is 14.9. The molecule has 31 heavy (non-hydrogen) atoms. The second-order valence-electron chi connectivity index (χ2n) is 7.97. The Hall–Kier alpha value is -2.37. The first-order chi connectivity index (χ1) is 15.1. The van der Waals surface area contributed by atoms with Crippen LogP contribution in [-0.2, 0) is 4.79 Å². The molecule has 0 spiro atoms. The van der Waals surface area contributed by atoms with Gasteiger partial charge in [0.25, 0.3) is 0 Å². The van der Waals surface area contributed by atoms with E-state index in [0.717, 1.165) is 25.5 Å². The third-order valence-corrected chi connectivity index (χ3v) is 5.30. The van der Waals surface area contributed by atoms with Crippen molar-refractivity contribution in [2.24, 2.45) is 0 Å². The number of hydrogen-bond acceptors (Lipinski definition) is 5. The topological polar surface area (TPSA) is 78.7 Å². The first-order valence-electron chi connectivity index (χ1n) is 11.8. The van der Waals surface area contributed by atoms with Crippen molar-refractivity contribution in [3.8, 4) is 11.5 Å². The largest absolute Gasteiger partial charge is 0.496 e. The van der Waals surface area contributed by atoms with Gasteiger partial charge in [-0.2, -0.15) is 0 Å². The van der Waals surface area contributed by atoms with Crippen LogP contribution in [0.15, 0.2) is 24.4 Å². The van der Waals surface area contributed by atoms with Crippen molar-refractivity contribution < 1.29 is 19.2 Å². The van der Waals surface area contributed by atoms with E-state index in [1.165, 1.54) is 77.4 Å². The van der Waals surface area contributed by atoms with E-state index in [-0.39, 0.29) is 5.97 Å². The van der Waals surface area contributed by atoms with E-state index in [1.54, 1.807) is 18.2 Å². The van der Waals surface area contributed by atoms with Crippen LogP contribution in [0.1, 0.15) is 102 Å². The Balaban J connectivity index is 2.12. The van der Waals surface area contributed by atoms with Gasteiger partial charge in [-0.25, -0.2) is 0 Å². The van der Waals surface area contributed by atoms with Gasteiger partial charge in [-0.1, -0.05) is 84.0 Å². The summed E-state index contributed by atoms with van der Waals surface area (Å²) in [6.45, 7) is 2.25. The Bertz CT molecular complexity index is 672.